The fraction of sp³-hybridized carbons (Fsp3) is 0.611. The zero-order valence-corrected chi connectivity index (χ0v) is 13.7. The summed E-state index contributed by atoms with van der Waals surface area (Å²) in [6, 6.07) is 7.74. The molecule has 0 bridgehead atoms. The smallest absolute Gasteiger partial charge is 0.224 e. The second-order valence-electron chi connectivity index (χ2n) is 6.69. The maximum atomic E-state index is 12.2. The Bertz CT molecular complexity index is 488. The van der Waals surface area contributed by atoms with E-state index in [0.29, 0.717) is 24.9 Å². The maximum absolute atomic E-state index is 12.2. The number of carbonyl (C=O) groups is 1. The Balaban J connectivity index is 1.86. The number of benzene rings is 1. The molecule has 0 heterocycles. The normalized spacial score (nSPS) is 21.6. The molecule has 0 saturated heterocycles. The molecule has 0 aromatic heterocycles. The highest BCUT2D eigenvalue weighted by atomic mass is 16.5. The summed E-state index contributed by atoms with van der Waals surface area (Å²) in [5.41, 5.74) is 6.90. The van der Waals surface area contributed by atoms with E-state index in [1.54, 1.807) is 0 Å². The Labute approximate surface area is 133 Å². The Morgan fingerprint density at radius 2 is 2.14 bits per heavy atom. The van der Waals surface area contributed by atoms with Crippen LogP contribution in [0.15, 0.2) is 24.3 Å². The molecule has 3 N–H and O–H groups in total. The lowest BCUT2D eigenvalue weighted by Gasteiger charge is -2.27. The van der Waals surface area contributed by atoms with Gasteiger partial charge in [0.2, 0.25) is 5.91 Å². The molecule has 4 nitrogen and oxygen atoms in total. The van der Waals surface area contributed by atoms with Crippen molar-refractivity contribution in [3.05, 3.63) is 24.3 Å². The highest BCUT2D eigenvalue weighted by Gasteiger charge is 2.24. The fourth-order valence-corrected chi connectivity index (χ4v) is 2.87. The lowest BCUT2D eigenvalue weighted by Crippen LogP contribution is -2.35. The van der Waals surface area contributed by atoms with E-state index in [9.17, 15) is 4.79 Å². The summed E-state index contributed by atoms with van der Waals surface area (Å²) in [6.07, 6.45) is 4.99. The van der Waals surface area contributed by atoms with E-state index in [0.717, 1.165) is 24.3 Å². The second kappa shape index (κ2) is 8.18. The van der Waals surface area contributed by atoms with Crippen LogP contribution in [0.5, 0.6) is 5.75 Å². The van der Waals surface area contributed by atoms with Gasteiger partial charge in [-0.2, -0.15) is 0 Å². The second-order valence-corrected chi connectivity index (χ2v) is 6.69. The summed E-state index contributed by atoms with van der Waals surface area (Å²) >= 11 is 0. The van der Waals surface area contributed by atoms with Crippen molar-refractivity contribution < 1.29 is 9.53 Å². The van der Waals surface area contributed by atoms with Crippen molar-refractivity contribution in [1.29, 1.82) is 0 Å². The molecule has 1 aromatic rings. The minimum absolute atomic E-state index is 0.0448. The highest BCUT2D eigenvalue weighted by Crippen LogP contribution is 2.26. The predicted molar refractivity (Wildman–Crippen MR) is 90.0 cm³/mol. The van der Waals surface area contributed by atoms with Gasteiger partial charge in [-0.1, -0.05) is 32.8 Å². The van der Waals surface area contributed by atoms with Crippen molar-refractivity contribution in [3.8, 4) is 5.75 Å². The minimum Gasteiger partial charge on any atom is -0.493 e. The first-order valence-corrected chi connectivity index (χ1v) is 8.33. The molecule has 4 heteroatoms. The van der Waals surface area contributed by atoms with E-state index in [1.165, 1.54) is 12.8 Å². The van der Waals surface area contributed by atoms with Crippen LogP contribution in [0.1, 0.15) is 46.0 Å². The summed E-state index contributed by atoms with van der Waals surface area (Å²) in [7, 11) is 0. The number of carbonyl (C=O) groups excluding carboxylic acids is 1. The van der Waals surface area contributed by atoms with Gasteiger partial charge in [-0.3, -0.25) is 4.79 Å². The van der Waals surface area contributed by atoms with E-state index in [2.05, 4.69) is 19.2 Å². The monoisotopic (exact) mass is 304 g/mol. The standard InChI is InChI=1S/C18H28N2O2/c1-13(2)12-22-16-8-5-7-15(11-16)20-18(21)10-14-6-3-4-9-17(14)19/h5,7-8,11,13-14,17H,3-4,6,9-10,12,19H2,1-2H3,(H,20,21). The minimum atomic E-state index is 0.0448. The molecule has 0 aliphatic heterocycles. The first-order valence-electron chi connectivity index (χ1n) is 8.33. The summed E-state index contributed by atoms with van der Waals surface area (Å²) in [5, 5.41) is 2.96. The third kappa shape index (κ3) is 5.34. The number of amides is 1. The fourth-order valence-electron chi connectivity index (χ4n) is 2.87. The van der Waals surface area contributed by atoms with Crippen LogP contribution < -0.4 is 15.8 Å². The molecular weight excluding hydrogens is 276 g/mol. The molecular formula is C18H28N2O2. The number of nitrogens with two attached hydrogens (primary N) is 1. The van der Waals surface area contributed by atoms with Gasteiger partial charge in [0.1, 0.15) is 5.75 Å². The number of anilines is 1. The van der Waals surface area contributed by atoms with Gasteiger partial charge >= 0.3 is 0 Å². The molecule has 0 spiro atoms. The first-order chi connectivity index (χ1) is 10.5. The van der Waals surface area contributed by atoms with Crippen molar-refractivity contribution in [1.82, 2.24) is 0 Å². The van der Waals surface area contributed by atoms with Crippen LogP contribution in [-0.4, -0.2) is 18.6 Å². The van der Waals surface area contributed by atoms with Gasteiger partial charge in [0.05, 0.1) is 6.61 Å². The van der Waals surface area contributed by atoms with Crippen LogP contribution in [0.2, 0.25) is 0 Å². The number of hydrogen-bond donors (Lipinski definition) is 2. The molecule has 1 aromatic carbocycles. The summed E-state index contributed by atoms with van der Waals surface area (Å²) in [5.74, 6) is 1.63. The van der Waals surface area contributed by atoms with E-state index in [-0.39, 0.29) is 11.9 Å². The molecule has 0 radical (unpaired) electrons. The van der Waals surface area contributed by atoms with E-state index in [1.807, 2.05) is 24.3 Å². The van der Waals surface area contributed by atoms with Crippen molar-refractivity contribution in [3.63, 3.8) is 0 Å². The number of rotatable bonds is 6. The van der Waals surface area contributed by atoms with Crippen molar-refractivity contribution in [2.24, 2.45) is 17.6 Å². The zero-order valence-electron chi connectivity index (χ0n) is 13.7. The molecule has 2 rings (SSSR count). The van der Waals surface area contributed by atoms with Crippen LogP contribution in [-0.2, 0) is 4.79 Å². The molecule has 1 amide bonds. The van der Waals surface area contributed by atoms with Gasteiger partial charge in [-0.05, 0) is 36.8 Å². The van der Waals surface area contributed by atoms with Gasteiger partial charge in [-0.15, -0.1) is 0 Å². The lowest BCUT2D eigenvalue weighted by atomic mass is 9.83. The quantitative estimate of drug-likeness (QED) is 0.844. The van der Waals surface area contributed by atoms with Crippen molar-refractivity contribution >= 4 is 11.6 Å². The van der Waals surface area contributed by atoms with Gasteiger partial charge in [0, 0.05) is 24.2 Å². The SMILES string of the molecule is CC(C)COc1cccc(NC(=O)CC2CCCCC2N)c1. The van der Waals surface area contributed by atoms with Crippen molar-refractivity contribution in [2.75, 3.05) is 11.9 Å². The van der Waals surface area contributed by atoms with Crippen molar-refractivity contribution in [2.45, 2.75) is 52.0 Å². The average Bonchev–Trinajstić information content (AvgIpc) is 2.48. The average molecular weight is 304 g/mol. The first kappa shape index (κ1) is 16.8. The van der Waals surface area contributed by atoms with E-state index >= 15 is 0 Å². The summed E-state index contributed by atoms with van der Waals surface area (Å²) in [4.78, 5) is 12.2. The molecule has 1 aliphatic carbocycles. The molecule has 1 aliphatic rings. The Kier molecular flexibility index (Phi) is 6.25. The van der Waals surface area contributed by atoms with Gasteiger partial charge < -0.3 is 15.8 Å². The summed E-state index contributed by atoms with van der Waals surface area (Å²) in [6.45, 7) is 4.90. The van der Waals surface area contributed by atoms with Crippen LogP contribution in [0.3, 0.4) is 0 Å². The molecule has 1 saturated carbocycles. The van der Waals surface area contributed by atoms with E-state index in [4.69, 9.17) is 10.5 Å². The lowest BCUT2D eigenvalue weighted by molar-refractivity contribution is -0.117. The Hall–Kier alpha value is -1.55. The number of hydrogen-bond acceptors (Lipinski definition) is 3. The Morgan fingerprint density at radius 1 is 1.36 bits per heavy atom. The van der Waals surface area contributed by atoms with Gasteiger partial charge in [-0.25, -0.2) is 0 Å². The highest BCUT2D eigenvalue weighted by molar-refractivity contribution is 5.91. The largest absolute Gasteiger partial charge is 0.493 e. The maximum Gasteiger partial charge on any atom is 0.224 e. The van der Waals surface area contributed by atoms with Gasteiger partial charge in [0.15, 0.2) is 0 Å². The third-order valence-corrected chi connectivity index (χ3v) is 4.12. The Morgan fingerprint density at radius 3 is 2.86 bits per heavy atom. The zero-order chi connectivity index (χ0) is 15.9. The van der Waals surface area contributed by atoms with E-state index < -0.39 is 0 Å². The molecule has 2 unspecified atom stereocenters. The predicted octanol–water partition coefficient (Wildman–Crippen LogP) is 3.57. The van der Waals surface area contributed by atoms with Crippen LogP contribution in [0, 0.1) is 11.8 Å². The summed E-state index contributed by atoms with van der Waals surface area (Å²) < 4.78 is 5.69. The van der Waals surface area contributed by atoms with Crippen LogP contribution in [0.4, 0.5) is 5.69 Å². The molecule has 22 heavy (non-hydrogen) atoms. The molecule has 2 atom stereocenters. The van der Waals surface area contributed by atoms with Crippen LogP contribution in [0.25, 0.3) is 0 Å². The molecule has 122 valence electrons. The number of ether oxygens (including phenoxy) is 1. The number of nitrogens with one attached hydrogen (secondary N) is 1. The van der Waals surface area contributed by atoms with Gasteiger partial charge in [0.25, 0.3) is 0 Å². The van der Waals surface area contributed by atoms with Crippen LogP contribution >= 0.6 is 0 Å². The molecule has 1 fully saturated rings. The third-order valence-electron chi connectivity index (χ3n) is 4.12. The topological polar surface area (TPSA) is 64.3 Å².